The number of carbonyl (C=O) groups is 1. The number of likely N-dealkylation sites (tertiary alicyclic amines) is 1. The zero-order chi connectivity index (χ0) is 24.8. The van der Waals surface area contributed by atoms with E-state index in [0.717, 1.165) is 52.8 Å². The molecule has 0 radical (unpaired) electrons. The zero-order valence-corrected chi connectivity index (χ0v) is 21.9. The highest BCUT2D eigenvalue weighted by Crippen LogP contribution is 2.22. The number of carbonyl (C=O) groups excluding carboxylic acids is 1. The zero-order valence-electron chi connectivity index (χ0n) is 19.5. The normalized spacial score (nSPS) is 13.7. The van der Waals surface area contributed by atoms with Crippen molar-refractivity contribution in [3.8, 4) is 0 Å². The second-order valence-corrected chi connectivity index (χ2v) is 9.83. The second kappa shape index (κ2) is 11.5. The van der Waals surface area contributed by atoms with E-state index in [1.54, 1.807) is 0 Å². The van der Waals surface area contributed by atoms with Crippen LogP contribution >= 0.6 is 28.1 Å². The lowest BCUT2D eigenvalue weighted by Crippen LogP contribution is -2.39. The number of nitrogens with one attached hydrogen (secondary N) is 4. The van der Waals surface area contributed by atoms with Gasteiger partial charge in [-0.15, -0.1) is 0 Å². The molecule has 1 aliphatic heterocycles. The molecular formula is C27H28BrN5OS. The van der Waals surface area contributed by atoms with Crippen LogP contribution in [0, 0.1) is 12.3 Å². The number of anilines is 2. The van der Waals surface area contributed by atoms with Crippen molar-refractivity contribution in [3.05, 3.63) is 94.0 Å². The third kappa shape index (κ3) is 6.46. The summed E-state index contributed by atoms with van der Waals surface area (Å²) in [7, 11) is 0. The lowest BCUT2D eigenvalue weighted by Gasteiger charge is -2.22. The van der Waals surface area contributed by atoms with Crippen molar-refractivity contribution in [2.75, 3.05) is 23.7 Å². The lowest BCUT2D eigenvalue weighted by molar-refractivity contribution is -0.117. The highest BCUT2D eigenvalue weighted by molar-refractivity contribution is 9.10. The van der Waals surface area contributed by atoms with Gasteiger partial charge in [0.2, 0.25) is 0 Å². The average Bonchev–Trinajstić information content (AvgIpc) is 3.40. The minimum absolute atomic E-state index is 0.227. The van der Waals surface area contributed by atoms with Crippen LogP contribution in [0.1, 0.15) is 35.6 Å². The van der Waals surface area contributed by atoms with Gasteiger partial charge in [-0.2, -0.15) is 0 Å². The smallest absolute Gasteiger partial charge is 0.251 e. The Balaban J connectivity index is 1.46. The Labute approximate surface area is 219 Å². The maximum Gasteiger partial charge on any atom is 0.251 e. The first-order valence-corrected chi connectivity index (χ1v) is 12.7. The van der Waals surface area contributed by atoms with E-state index in [-0.39, 0.29) is 5.91 Å². The Morgan fingerprint density at radius 2 is 1.69 bits per heavy atom. The number of amides is 1. The summed E-state index contributed by atoms with van der Waals surface area (Å²) in [6.07, 6.45) is 2.25. The summed E-state index contributed by atoms with van der Waals surface area (Å²) in [5.74, 6) is 0.305. The van der Waals surface area contributed by atoms with Crippen LogP contribution in [0.5, 0.6) is 0 Å². The highest BCUT2D eigenvalue weighted by Gasteiger charge is 2.22. The van der Waals surface area contributed by atoms with E-state index in [2.05, 4.69) is 36.8 Å². The molecule has 0 aliphatic carbocycles. The number of rotatable bonds is 6. The van der Waals surface area contributed by atoms with Gasteiger partial charge in [0, 0.05) is 34.5 Å². The lowest BCUT2D eigenvalue weighted by atomic mass is 10.1. The Kier molecular flexibility index (Phi) is 8.15. The van der Waals surface area contributed by atoms with Crippen molar-refractivity contribution in [2.45, 2.75) is 25.8 Å². The third-order valence-corrected chi connectivity index (χ3v) is 6.67. The molecule has 0 bridgehead atoms. The number of halogens is 1. The van der Waals surface area contributed by atoms with Crippen molar-refractivity contribution in [1.82, 2.24) is 10.2 Å². The fourth-order valence-corrected chi connectivity index (χ4v) is 4.76. The van der Waals surface area contributed by atoms with E-state index in [4.69, 9.17) is 17.6 Å². The molecule has 3 aromatic rings. The van der Waals surface area contributed by atoms with Crippen LogP contribution in [0.25, 0.3) is 0 Å². The maximum atomic E-state index is 13.3. The fraction of sp³-hybridized carbons (Fsp3) is 0.222. The molecule has 1 heterocycles. The molecule has 1 aliphatic rings. The monoisotopic (exact) mass is 549 g/mol. The molecule has 0 aromatic heterocycles. The van der Waals surface area contributed by atoms with E-state index in [1.165, 1.54) is 0 Å². The van der Waals surface area contributed by atoms with Crippen molar-refractivity contribution in [3.63, 3.8) is 0 Å². The predicted molar refractivity (Wildman–Crippen MR) is 150 cm³/mol. The van der Waals surface area contributed by atoms with E-state index in [0.29, 0.717) is 16.6 Å². The van der Waals surface area contributed by atoms with Crippen LogP contribution in [0.4, 0.5) is 11.4 Å². The molecule has 1 amide bonds. The summed E-state index contributed by atoms with van der Waals surface area (Å²) in [6, 6.07) is 22.1. The molecule has 35 heavy (non-hydrogen) atoms. The van der Waals surface area contributed by atoms with Gasteiger partial charge in [-0.3, -0.25) is 10.2 Å². The number of nitrogens with zero attached hydrogens (tertiary/aromatic N) is 1. The number of amidine groups is 1. The third-order valence-electron chi connectivity index (χ3n) is 5.96. The van der Waals surface area contributed by atoms with Crippen molar-refractivity contribution in [1.29, 1.82) is 5.41 Å². The maximum absolute atomic E-state index is 13.3. The van der Waals surface area contributed by atoms with Gasteiger partial charge in [0.25, 0.3) is 5.91 Å². The first kappa shape index (κ1) is 24.9. The molecule has 0 unspecified atom stereocenters. The van der Waals surface area contributed by atoms with Gasteiger partial charge in [0.1, 0.15) is 11.9 Å². The average molecular weight is 551 g/mol. The van der Waals surface area contributed by atoms with Gasteiger partial charge in [0.05, 0.1) is 0 Å². The van der Waals surface area contributed by atoms with Crippen LogP contribution in [0.15, 0.2) is 77.3 Å². The number of aryl methyl sites for hydroxylation is 1. The SMILES string of the molecule is Cc1cc(Br)ccc1NC(=S)N[C@H](C(=O)Nc1ccc(C(=N)N2CCCC2)cc1)c1ccccc1. The van der Waals surface area contributed by atoms with E-state index >= 15 is 0 Å². The summed E-state index contributed by atoms with van der Waals surface area (Å²) in [5.41, 5.74) is 4.21. The van der Waals surface area contributed by atoms with E-state index < -0.39 is 6.04 Å². The van der Waals surface area contributed by atoms with Gasteiger partial charge in [-0.1, -0.05) is 46.3 Å². The van der Waals surface area contributed by atoms with E-state index in [1.807, 2.05) is 79.7 Å². The van der Waals surface area contributed by atoms with Gasteiger partial charge in [-0.05, 0) is 85.6 Å². The Hall–Kier alpha value is -3.23. The number of thiocarbonyl (C=S) groups is 1. The number of benzene rings is 3. The molecular weight excluding hydrogens is 522 g/mol. The van der Waals surface area contributed by atoms with Gasteiger partial charge in [-0.25, -0.2) is 0 Å². The van der Waals surface area contributed by atoms with Crippen LogP contribution in [-0.4, -0.2) is 34.8 Å². The molecule has 4 N–H and O–H groups in total. The summed E-state index contributed by atoms with van der Waals surface area (Å²) < 4.78 is 0.988. The molecule has 3 aromatic carbocycles. The molecule has 180 valence electrons. The summed E-state index contributed by atoms with van der Waals surface area (Å²) >= 11 is 9.01. The van der Waals surface area contributed by atoms with Crippen LogP contribution in [-0.2, 0) is 4.79 Å². The first-order chi connectivity index (χ1) is 16.9. The first-order valence-electron chi connectivity index (χ1n) is 11.5. The van der Waals surface area contributed by atoms with E-state index in [9.17, 15) is 4.79 Å². The topological polar surface area (TPSA) is 80.2 Å². The van der Waals surface area contributed by atoms with Crippen LogP contribution in [0.3, 0.4) is 0 Å². The molecule has 1 fully saturated rings. The summed E-state index contributed by atoms with van der Waals surface area (Å²) in [5, 5.41) is 18.1. The molecule has 0 saturated carbocycles. The van der Waals surface area contributed by atoms with Gasteiger partial charge < -0.3 is 20.9 Å². The quantitative estimate of drug-likeness (QED) is 0.176. The van der Waals surface area contributed by atoms with Gasteiger partial charge >= 0.3 is 0 Å². The van der Waals surface area contributed by atoms with Crippen molar-refractivity contribution in [2.24, 2.45) is 0 Å². The fourth-order valence-electron chi connectivity index (χ4n) is 4.05. The number of hydrogen-bond acceptors (Lipinski definition) is 3. The molecule has 1 saturated heterocycles. The predicted octanol–water partition coefficient (Wildman–Crippen LogP) is 5.85. The van der Waals surface area contributed by atoms with Crippen molar-refractivity contribution >= 4 is 56.4 Å². The minimum atomic E-state index is -0.686. The Bertz CT molecular complexity index is 1210. The number of hydrogen-bond donors (Lipinski definition) is 4. The molecule has 8 heteroatoms. The van der Waals surface area contributed by atoms with Crippen LogP contribution < -0.4 is 16.0 Å². The summed E-state index contributed by atoms with van der Waals surface area (Å²) in [6.45, 7) is 3.84. The Morgan fingerprint density at radius 1 is 1.00 bits per heavy atom. The van der Waals surface area contributed by atoms with Gasteiger partial charge in [0.15, 0.2) is 5.11 Å². The van der Waals surface area contributed by atoms with Crippen molar-refractivity contribution < 1.29 is 4.79 Å². The largest absolute Gasteiger partial charge is 0.357 e. The molecule has 0 spiro atoms. The molecule has 6 nitrogen and oxygen atoms in total. The molecule has 1 atom stereocenters. The standard InChI is InChI=1S/C27H28BrN5OS/c1-18-17-21(28)11-14-23(18)31-27(35)32-24(19-7-3-2-4-8-19)26(34)30-22-12-9-20(10-13-22)25(29)33-15-5-6-16-33/h2-4,7-14,17,24,29H,5-6,15-16H2,1H3,(H,30,34)(H2,31,32,35)/t24-/m0/s1. The second-order valence-electron chi connectivity index (χ2n) is 8.51. The minimum Gasteiger partial charge on any atom is -0.357 e. The Morgan fingerprint density at radius 3 is 2.34 bits per heavy atom. The summed E-state index contributed by atoms with van der Waals surface area (Å²) in [4.78, 5) is 15.4. The molecule has 4 rings (SSSR count). The highest BCUT2D eigenvalue weighted by atomic mass is 79.9. The van der Waals surface area contributed by atoms with Crippen LogP contribution in [0.2, 0.25) is 0 Å².